The van der Waals surface area contributed by atoms with E-state index in [2.05, 4.69) is 24.4 Å². The molecule has 0 saturated heterocycles. The molecule has 0 bridgehead atoms. The van der Waals surface area contributed by atoms with E-state index in [1.54, 1.807) is 7.11 Å². The summed E-state index contributed by atoms with van der Waals surface area (Å²) in [5, 5.41) is 3.45. The first-order valence-electron chi connectivity index (χ1n) is 6.42. The Morgan fingerprint density at radius 2 is 2.05 bits per heavy atom. The Morgan fingerprint density at radius 3 is 2.89 bits per heavy atom. The van der Waals surface area contributed by atoms with E-state index in [1.807, 2.05) is 30.3 Å². The van der Waals surface area contributed by atoms with Crippen molar-refractivity contribution in [3.8, 4) is 11.5 Å². The van der Waals surface area contributed by atoms with Crippen LogP contribution in [-0.2, 0) is 0 Å². The molecular weight excluding hydrogens is 238 g/mol. The monoisotopic (exact) mass is 255 g/mol. The second-order valence-corrected chi connectivity index (χ2v) is 4.71. The van der Waals surface area contributed by atoms with E-state index in [9.17, 15) is 0 Å². The van der Waals surface area contributed by atoms with E-state index >= 15 is 0 Å². The van der Waals surface area contributed by atoms with Crippen LogP contribution < -0.4 is 14.8 Å². The zero-order chi connectivity index (χ0) is 13.2. The number of rotatable bonds is 2. The molecule has 3 rings (SSSR count). The minimum absolute atomic E-state index is 0.0180. The number of ether oxygens (including phenoxy) is 2. The van der Waals surface area contributed by atoms with Crippen LogP contribution in [0.3, 0.4) is 0 Å². The van der Waals surface area contributed by atoms with Gasteiger partial charge in [-0.25, -0.2) is 0 Å². The van der Waals surface area contributed by atoms with E-state index < -0.39 is 0 Å². The van der Waals surface area contributed by atoms with Crippen LogP contribution in [0.15, 0.2) is 42.5 Å². The average molecular weight is 255 g/mol. The quantitative estimate of drug-likeness (QED) is 0.890. The lowest BCUT2D eigenvalue weighted by atomic mass is 10.1. The Bertz CT molecular complexity index is 595. The van der Waals surface area contributed by atoms with Gasteiger partial charge in [-0.2, -0.15) is 0 Å². The second kappa shape index (κ2) is 4.84. The normalized spacial score (nSPS) is 17.1. The standard InChI is InChI=1S/C16H17NO2/c1-11-5-3-8-14-16(11)17-10-15(19-14)12-6-4-7-13(9-12)18-2/h3-9,15,17H,10H2,1-2H3. The van der Waals surface area contributed by atoms with Crippen molar-refractivity contribution in [3.63, 3.8) is 0 Å². The van der Waals surface area contributed by atoms with Crippen molar-refractivity contribution in [2.75, 3.05) is 19.0 Å². The van der Waals surface area contributed by atoms with Crippen LogP contribution in [0, 0.1) is 6.92 Å². The molecule has 0 radical (unpaired) electrons. The molecule has 1 N–H and O–H groups in total. The number of hydrogen-bond donors (Lipinski definition) is 1. The maximum Gasteiger partial charge on any atom is 0.143 e. The van der Waals surface area contributed by atoms with Crippen LogP contribution in [0.5, 0.6) is 11.5 Å². The molecule has 98 valence electrons. The Morgan fingerprint density at radius 1 is 1.21 bits per heavy atom. The minimum atomic E-state index is 0.0180. The summed E-state index contributed by atoms with van der Waals surface area (Å²) in [5.74, 6) is 1.77. The van der Waals surface area contributed by atoms with Crippen LogP contribution in [0.25, 0.3) is 0 Å². The number of fused-ring (bicyclic) bond motifs is 1. The highest BCUT2D eigenvalue weighted by Crippen LogP contribution is 2.36. The molecule has 0 fully saturated rings. The van der Waals surface area contributed by atoms with Gasteiger partial charge in [0.2, 0.25) is 0 Å². The van der Waals surface area contributed by atoms with Crippen molar-refractivity contribution < 1.29 is 9.47 Å². The average Bonchev–Trinajstić information content (AvgIpc) is 2.47. The van der Waals surface area contributed by atoms with Crippen molar-refractivity contribution in [3.05, 3.63) is 53.6 Å². The summed E-state index contributed by atoms with van der Waals surface area (Å²) in [4.78, 5) is 0. The van der Waals surface area contributed by atoms with Gasteiger partial charge in [-0.1, -0.05) is 24.3 Å². The summed E-state index contributed by atoms with van der Waals surface area (Å²) >= 11 is 0. The first-order chi connectivity index (χ1) is 9.28. The van der Waals surface area contributed by atoms with Gasteiger partial charge in [0.15, 0.2) is 0 Å². The molecule has 1 atom stereocenters. The number of aryl methyl sites for hydroxylation is 1. The smallest absolute Gasteiger partial charge is 0.143 e. The Labute approximate surface area is 113 Å². The Hall–Kier alpha value is -2.16. The van der Waals surface area contributed by atoms with Gasteiger partial charge >= 0.3 is 0 Å². The lowest BCUT2D eigenvalue weighted by Crippen LogP contribution is -2.24. The molecule has 1 aliphatic heterocycles. The number of benzene rings is 2. The molecule has 0 aliphatic carbocycles. The number of nitrogens with one attached hydrogen (secondary N) is 1. The zero-order valence-electron chi connectivity index (χ0n) is 11.1. The van der Waals surface area contributed by atoms with Gasteiger partial charge in [0.1, 0.15) is 17.6 Å². The SMILES string of the molecule is COc1cccc(C2CNc3c(C)cccc3O2)c1. The van der Waals surface area contributed by atoms with Gasteiger partial charge in [-0.15, -0.1) is 0 Å². The molecule has 0 spiro atoms. The largest absolute Gasteiger partial charge is 0.497 e. The lowest BCUT2D eigenvalue weighted by molar-refractivity contribution is 0.210. The van der Waals surface area contributed by atoms with Gasteiger partial charge in [-0.3, -0.25) is 0 Å². The molecule has 1 aliphatic rings. The number of hydrogen-bond acceptors (Lipinski definition) is 3. The van der Waals surface area contributed by atoms with E-state index in [0.29, 0.717) is 0 Å². The van der Waals surface area contributed by atoms with Crippen LogP contribution in [0.2, 0.25) is 0 Å². The fraction of sp³-hybridized carbons (Fsp3) is 0.250. The first kappa shape index (κ1) is 11.9. The van der Waals surface area contributed by atoms with Crippen LogP contribution in [-0.4, -0.2) is 13.7 Å². The summed E-state index contributed by atoms with van der Waals surface area (Å²) in [7, 11) is 1.68. The number of anilines is 1. The molecule has 3 nitrogen and oxygen atoms in total. The van der Waals surface area contributed by atoms with Gasteiger partial charge in [0.05, 0.1) is 19.3 Å². The van der Waals surface area contributed by atoms with E-state index in [0.717, 1.165) is 29.3 Å². The Kier molecular flexibility index (Phi) is 3.03. The van der Waals surface area contributed by atoms with E-state index in [1.165, 1.54) is 5.56 Å². The highest BCUT2D eigenvalue weighted by atomic mass is 16.5. The number of methoxy groups -OCH3 is 1. The maximum atomic E-state index is 6.08. The summed E-state index contributed by atoms with van der Waals surface area (Å²) in [5.41, 5.74) is 3.43. The van der Waals surface area contributed by atoms with Gasteiger partial charge in [0, 0.05) is 0 Å². The van der Waals surface area contributed by atoms with Gasteiger partial charge in [-0.05, 0) is 36.2 Å². The molecule has 3 heteroatoms. The van der Waals surface area contributed by atoms with E-state index in [4.69, 9.17) is 9.47 Å². The third kappa shape index (κ3) is 2.24. The molecule has 0 aromatic heterocycles. The van der Waals surface area contributed by atoms with Gasteiger partial charge < -0.3 is 14.8 Å². The summed E-state index contributed by atoms with van der Waals surface area (Å²) in [6, 6.07) is 14.1. The first-order valence-corrected chi connectivity index (χ1v) is 6.42. The highest BCUT2D eigenvalue weighted by Gasteiger charge is 2.21. The topological polar surface area (TPSA) is 30.5 Å². The molecule has 2 aromatic carbocycles. The lowest BCUT2D eigenvalue weighted by Gasteiger charge is -2.28. The molecular formula is C16H17NO2. The predicted molar refractivity (Wildman–Crippen MR) is 76.0 cm³/mol. The summed E-state index contributed by atoms with van der Waals surface area (Å²) in [6.07, 6.45) is 0.0180. The van der Waals surface area contributed by atoms with Crippen LogP contribution in [0.1, 0.15) is 17.2 Å². The third-order valence-electron chi connectivity index (χ3n) is 3.43. The molecule has 0 amide bonds. The van der Waals surface area contributed by atoms with Crippen molar-refractivity contribution in [1.82, 2.24) is 0 Å². The van der Waals surface area contributed by atoms with Crippen LogP contribution >= 0.6 is 0 Å². The fourth-order valence-corrected chi connectivity index (χ4v) is 2.38. The van der Waals surface area contributed by atoms with Crippen molar-refractivity contribution in [2.24, 2.45) is 0 Å². The number of para-hydroxylation sites is 1. The maximum absolute atomic E-state index is 6.08. The molecule has 1 unspecified atom stereocenters. The molecule has 1 heterocycles. The third-order valence-corrected chi connectivity index (χ3v) is 3.43. The van der Waals surface area contributed by atoms with Gasteiger partial charge in [0.25, 0.3) is 0 Å². The molecule has 0 saturated carbocycles. The minimum Gasteiger partial charge on any atom is -0.497 e. The fourth-order valence-electron chi connectivity index (χ4n) is 2.38. The molecule has 19 heavy (non-hydrogen) atoms. The van der Waals surface area contributed by atoms with E-state index in [-0.39, 0.29) is 6.10 Å². The van der Waals surface area contributed by atoms with Crippen molar-refractivity contribution >= 4 is 5.69 Å². The zero-order valence-corrected chi connectivity index (χ0v) is 11.1. The highest BCUT2D eigenvalue weighted by molar-refractivity contribution is 5.63. The summed E-state index contributed by atoms with van der Waals surface area (Å²) < 4.78 is 11.3. The second-order valence-electron chi connectivity index (χ2n) is 4.71. The van der Waals surface area contributed by atoms with Crippen LogP contribution in [0.4, 0.5) is 5.69 Å². The summed E-state index contributed by atoms with van der Waals surface area (Å²) in [6.45, 7) is 2.85. The van der Waals surface area contributed by atoms with Crippen molar-refractivity contribution in [1.29, 1.82) is 0 Å². The predicted octanol–water partition coefficient (Wildman–Crippen LogP) is 3.55. The molecule has 2 aromatic rings. The van der Waals surface area contributed by atoms with Crippen molar-refractivity contribution in [2.45, 2.75) is 13.0 Å². The Balaban J connectivity index is 1.89.